The Morgan fingerprint density at radius 1 is 1.26 bits per heavy atom. The van der Waals surface area contributed by atoms with Crippen molar-refractivity contribution in [2.24, 2.45) is 0 Å². The highest BCUT2D eigenvalue weighted by Gasteiger charge is 2.11. The third-order valence-corrected chi connectivity index (χ3v) is 3.79. The monoisotopic (exact) mass is 368 g/mol. The Labute approximate surface area is 156 Å². The van der Waals surface area contributed by atoms with Crippen LogP contribution in [0.25, 0.3) is 11.3 Å². The maximum atomic E-state index is 11.1. The minimum atomic E-state index is -1.000. The molecule has 0 unspecified atom stereocenters. The fourth-order valence-corrected chi connectivity index (χ4v) is 2.53. The molecule has 2 aromatic heterocycles. The van der Waals surface area contributed by atoms with Gasteiger partial charge in [-0.3, -0.25) is 0 Å². The number of rotatable bonds is 7. The smallest absolute Gasteiger partial charge is 0.335 e. The van der Waals surface area contributed by atoms with Gasteiger partial charge in [-0.25, -0.2) is 14.5 Å². The predicted octanol–water partition coefficient (Wildman–Crippen LogP) is 2.88. The average Bonchev–Trinajstić information content (AvgIpc) is 3.10. The van der Waals surface area contributed by atoms with Crippen LogP contribution in [0.1, 0.15) is 29.8 Å². The van der Waals surface area contributed by atoms with Crippen LogP contribution in [0.5, 0.6) is 11.6 Å². The molecule has 140 valence electrons. The minimum Gasteiger partial charge on any atom is -0.496 e. The number of aromatic nitrogens is 4. The summed E-state index contributed by atoms with van der Waals surface area (Å²) in [4.78, 5) is 15.4. The lowest BCUT2D eigenvalue weighted by Gasteiger charge is -2.09. The lowest BCUT2D eigenvalue weighted by atomic mass is 10.1. The van der Waals surface area contributed by atoms with Crippen molar-refractivity contribution in [1.29, 1.82) is 0 Å². The molecule has 3 rings (SSSR count). The topological polar surface area (TPSA) is 99.4 Å². The van der Waals surface area contributed by atoms with E-state index in [-0.39, 0.29) is 11.7 Å². The second-order valence-corrected chi connectivity index (χ2v) is 6.18. The summed E-state index contributed by atoms with van der Waals surface area (Å²) in [6, 6.07) is 8.41. The summed E-state index contributed by atoms with van der Waals surface area (Å²) in [6.45, 7) is 4.29. The fraction of sp³-hybridized carbons (Fsp3) is 0.263. The first-order valence-corrected chi connectivity index (χ1v) is 8.39. The van der Waals surface area contributed by atoms with E-state index in [4.69, 9.17) is 14.6 Å². The summed E-state index contributed by atoms with van der Waals surface area (Å²) in [5.41, 5.74) is 2.48. The van der Waals surface area contributed by atoms with Crippen LogP contribution >= 0.6 is 0 Å². The number of hydrogen-bond acceptors (Lipinski definition) is 6. The Morgan fingerprint density at radius 2 is 2.07 bits per heavy atom. The van der Waals surface area contributed by atoms with Gasteiger partial charge in [-0.15, -0.1) is 5.10 Å². The van der Waals surface area contributed by atoms with Crippen molar-refractivity contribution in [3.05, 3.63) is 53.9 Å². The van der Waals surface area contributed by atoms with Crippen LogP contribution in [0.3, 0.4) is 0 Å². The van der Waals surface area contributed by atoms with Crippen LogP contribution in [0.2, 0.25) is 0 Å². The SMILES string of the molecule is COc1cc(C(=O)O)ccc1Cn1cc(-c2ccc(OC(C)C)nc2)nn1. The zero-order valence-corrected chi connectivity index (χ0v) is 15.3. The quantitative estimate of drug-likeness (QED) is 0.684. The number of carboxylic acids is 1. The first kappa shape index (κ1) is 18.4. The van der Waals surface area contributed by atoms with Crippen molar-refractivity contribution in [3.63, 3.8) is 0 Å². The van der Waals surface area contributed by atoms with Crippen LogP contribution in [-0.2, 0) is 6.54 Å². The first-order chi connectivity index (χ1) is 13.0. The van der Waals surface area contributed by atoms with Crippen molar-refractivity contribution in [3.8, 4) is 22.9 Å². The molecule has 0 saturated heterocycles. The molecular formula is C19H20N4O4. The van der Waals surface area contributed by atoms with E-state index in [1.807, 2.05) is 19.9 Å². The van der Waals surface area contributed by atoms with Crippen LogP contribution in [0.4, 0.5) is 0 Å². The Hall–Kier alpha value is -3.42. The minimum absolute atomic E-state index is 0.0618. The zero-order chi connectivity index (χ0) is 19.4. The molecule has 0 spiro atoms. The van der Waals surface area contributed by atoms with Crippen molar-refractivity contribution >= 4 is 5.97 Å². The van der Waals surface area contributed by atoms with Gasteiger partial charge in [0, 0.05) is 23.4 Å². The van der Waals surface area contributed by atoms with Crippen LogP contribution in [0, 0.1) is 0 Å². The standard InChI is InChI=1S/C19H20N4O4/c1-12(2)27-18-7-6-14(9-20-18)16-11-23(22-21-16)10-15-5-4-13(19(24)25)8-17(15)26-3/h4-9,11-12H,10H2,1-3H3,(H,24,25). The van der Waals surface area contributed by atoms with Gasteiger partial charge in [0.15, 0.2) is 0 Å². The zero-order valence-electron chi connectivity index (χ0n) is 15.3. The van der Waals surface area contributed by atoms with Crippen molar-refractivity contribution < 1.29 is 19.4 Å². The lowest BCUT2D eigenvalue weighted by molar-refractivity contribution is 0.0696. The van der Waals surface area contributed by atoms with Gasteiger partial charge >= 0.3 is 5.97 Å². The highest BCUT2D eigenvalue weighted by atomic mass is 16.5. The summed E-state index contributed by atoms with van der Waals surface area (Å²) in [6.07, 6.45) is 3.55. The Kier molecular flexibility index (Phi) is 5.35. The molecule has 2 heterocycles. The Bertz CT molecular complexity index is 935. The number of carbonyl (C=O) groups is 1. The molecule has 0 radical (unpaired) electrons. The second kappa shape index (κ2) is 7.86. The Balaban J connectivity index is 1.77. The highest BCUT2D eigenvalue weighted by molar-refractivity contribution is 5.88. The Morgan fingerprint density at radius 3 is 2.70 bits per heavy atom. The molecule has 8 heteroatoms. The van der Waals surface area contributed by atoms with Gasteiger partial charge in [0.05, 0.1) is 31.5 Å². The fourth-order valence-electron chi connectivity index (χ4n) is 2.53. The molecule has 8 nitrogen and oxygen atoms in total. The van der Waals surface area contributed by atoms with Crippen molar-refractivity contribution in [2.75, 3.05) is 7.11 Å². The lowest BCUT2D eigenvalue weighted by Crippen LogP contribution is -2.06. The van der Waals surface area contributed by atoms with Gasteiger partial charge < -0.3 is 14.6 Å². The highest BCUT2D eigenvalue weighted by Crippen LogP contribution is 2.23. The molecule has 0 aliphatic rings. The summed E-state index contributed by atoms with van der Waals surface area (Å²) < 4.78 is 12.5. The van der Waals surface area contributed by atoms with E-state index in [9.17, 15) is 4.79 Å². The molecule has 0 saturated carbocycles. The van der Waals surface area contributed by atoms with E-state index in [0.717, 1.165) is 11.1 Å². The van der Waals surface area contributed by atoms with E-state index >= 15 is 0 Å². The van der Waals surface area contributed by atoms with E-state index in [2.05, 4.69) is 15.3 Å². The maximum Gasteiger partial charge on any atom is 0.335 e. The molecular weight excluding hydrogens is 348 g/mol. The molecule has 0 atom stereocenters. The number of aromatic carboxylic acids is 1. The molecule has 0 fully saturated rings. The number of ether oxygens (including phenoxy) is 2. The number of nitrogens with zero attached hydrogens (tertiary/aromatic N) is 4. The van der Waals surface area contributed by atoms with E-state index in [1.165, 1.54) is 19.2 Å². The number of pyridine rings is 1. The predicted molar refractivity (Wildman–Crippen MR) is 98.1 cm³/mol. The first-order valence-electron chi connectivity index (χ1n) is 8.39. The summed E-state index contributed by atoms with van der Waals surface area (Å²) in [7, 11) is 1.50. The molecule has 0 bridgehead atoms. The number of benzene rings is 1. The third kappa shape index (κ3) is 4.41. The van der Waals surface area contributed by atoms with Crippen molar-refractivity contribution in [1.82, 2.24) is 20.0 Å². The van der Waals surface area contributed by atoms with Crippen LogP contribution < -0.4 is 9.47 Å². The van der Waals surface area contributed by atoms with E-state index < -0.39 is 5.97 Å². The van der Waals surface area contributed by atoms with Gasteiger partial charge in [-0.1, -0.05) is 11.3 Å². The summed E-state index contributed by atoms with van der Waals surface area (Å²) in [5.74, 6) is 0.0495. The van der Waals surface area contributed by atoms with Gasteiger partial charge in [0.25, 0.3) is 0 Å². The maximum absolute atomic E-state index is 11.1. The van der Waals surface area contributed by atoms with Gasteiger partial charge in [-0.2, -0.15) is 0 Å². The molecule has 0 amide bonds. The van der Waals surface area contributed by atoms with Crippen LogP contribution in [-0.4, -0.2) is 44.3 Å². The normalized spacial score (nSPS) is 10.8. The molecule has 0 aliphatic heterocycles. The number of methoxy groups -OCH3 is 1. The van der Waals surface area contributed by atoms with Gasteiger partial charge in [0.2, 0.25) is 5.88 Å². The summed E-state index contributed by atoms with van der Waals surface area (Å²) >= 11 is 0. The van der Waals surface area contributed by atoms with Crippen LogP contribution in [0.15, 0.2) is 42.7 Å². The average molecular weight is 368 g/mol. The molecule has 1 N–H and O–H groups in total. The molecule has 3 aromatic rings. The second-order valence-electron chi connectivity index (χ2n) is 6.18. The van der Waals surface area contributed by atoms with E-state index in [0.29, 0.717) is 23.9 Å². The molecule has 1 aromatic carbocycles. The van der Waals surface area contributed by atoms with Gasteiger partial charge in [0.1, 0.15) is 11.4 Å². The number of hydrogen-bond donors (Lipinski definition) is 1. The molecule has 0 aliphatic carbocycles. The van der Waals surface area contributed by atoms with Crippen molar-refractivity contribution in [2.45, 2.75) is 26.5 Å². The largest absolute Gasteiger partial charge is 0.496 e. The van der Waals surface area contributed by atoms with Gasteiger partial charge in [-0.05, 0) is 32.0 Å². The van der Waals surface area contributed by atoms with E-state index in [1.54, 1.807) is 29.2 Å². The summed E-state index contributed by atoms with van der Waals surface area (Å²) in [5, 5.41) is 17.4. The third-order valence-electron chi connectivity index (χ3n) is 3.79. The molecule has 27 heavy (non-hydrogen) atoms. The number of carboxylic acid groups (broad SMARTS) is 1.